The molecule has 14 heavy (non-hydrogen) atoms. The van der Waals surface area contributed by atoms with Crippen LogP contribution in [-0.2, 0) is 11.2 Å². The van der Waals surface area contributed by atoms with Crippen molar-refractivity contribution in [3.8, 4) is 0 Å². The summed E-state index contributed by atoms with van der Waals surface area (Å²) >= 11 is 3.95. The van der Waals surface area contributed by atoms with Crippen molar-refractivity contribution in [1.82, 2.24) is 0 Å². The summed E-state index contributed by atoms with van der Waals surface area (Å²) in [6.45, 7) is 0. The molecule has 0 saturated carbocycles. The van der Waals surface area contributed by atoms with E-state index < -0.39 is 0 Å². The molecule has 1 aliphatic rings. The van der Waals surface area contributed by atoms with Crippen molar-refractivity contribution in [3.05, 3.63) is 29.8 Å². The summed E-state index contributed by atoms with van der Waals surface area (Å²) in [4.78, 5) is 15.6. The number of hydrogen-bond acceptors (Lipinski definition) is 3. The molecule has 0 atom stereocenters. The minimum absolute atomic E-state index is 0.139. The van der Waals surface area contributed by atoms with Gasteiger partial charge in [0.15, 0.2) is 0 Å². The molecule has 72 valence electrons. The fourth-order valence-corrected chi connectivity index (χ4v) is 1.70. The quantitative estimate of drug-likeness (QED) is 0.753. The Morgan fingerprint density at radius 2 is 2.21 bits per heavy atom. The van der Waals surface area contributed by atoms with Crippen molar-refractivity contribution in [3.63, 3.8) is 0 Å². The summed E-state index contributed by atoms with van der Waals surface area (Å²) in [6.07, 6.45) is 1.26. The monoisotopic (exact) mass is 205 g/mol. The van der Waals surface area contributed by atoms with Crippen LogP contribution in [0.15, 0.2) is 29.3 Å². The molecule has 1 aromatic carbocycles. The summed E-state index contributed by atoms with van der Waals surface area (Å²) in [5, 5.41) is 0. The molecule has 0 radical (unpaired) electrons. The predicted octanol–water partition coefficient (Wildman–Crippen LogP) is 2.20. The highest BCUT2D eigenvalue weighted by Crippen LogP contribution is 2.26. The maximum atomic E-state index is 11.2. The molecule has 0 spiro atoms. The molecule has 0 bridgehead atoms. The van der Waals surface area contributed by atoms with Gasteiger partial charge < -0.3 is 0 Å². The van der Waals surface area contributed by atoms with Gasteiger partial charge in [-0.2, -0.15) is 12.6 Å². The predicted molar refractivity (Wildman–Crippen MR) is 60.7 cm³/mol. The Balaban J connectivity index is 2.12. The van der Waals surface area contributed by atoms with Gasteiger partial charge in [-0.05, 0) is 11.6 Å². The zero-order chi connectivity index (χ0) is 9.97. The van der Waals surface area contributed by atoms with E-state index in [1.165, 1.54) is 5.56 Å². The zero-order valence-corrected chi connectivity index (χ0v) is 8.63. The van der Waals surface area contributed by atoms with Crippen LogP contribution in [-0.4, -0.2) is 17.2 Å². The highest BCUT2D eigenvalue weighted by Gasteiger charge is 2.15. The first-order valence-electron chi connectivity index (χ1n) is 4.56. The molecule has 1 heterocycles. The van der Waals surface area contributed by atoms with Crippen LogP contribution >= 0.6 is 12.6 Å². The molecule has 0 N–H and O–H groups in total. The molecular weight excluding hydrogens is 194 g/mol. The fourth-order valence-electron chi connectivity index (χ4n) is 1.58. The Kier molecular flexibility index (Phi) is 2.68. The highest BCUT2D eigenvalue weighted by molar-refractivity contribution is 7.81. The maximum absolute atomic E-state index is 11.2. The second-order valence-electron chi connectivity index (χ2n) is 3.36. The smallest absolute Gasteiger partial charge is 0.148 e. The minimum atomic E-state index is 0.139. The summed E-state index contributed by atoms with van der Waals surface area (Å²) < 4.78 is 0. The van der Waals surface area contributed by atoms with E-state index >= 15 is 0 Å². The number of ketones is 1. The van der Waals surface area contributed by atoms with Gasteiger partial charge in [-0.1, -0.05) is 18.2 Å². The molecule has 1 aromatic rings. The molecule has 3 heteroatoms. The van der Waals surface area contributed by atoms with Crippen molar-refractivity contribution < 1.29 is 4.79 Å². The van der Waals surface area contributed by atoms with Crippen LogP contribution in [0.2, 0.25) is 0 Å². The number of carbonyl (C=O) groups is 1. The summed E-state index contributed by atoms with van der Waals surface area (Å²) in [5.41, 5.74) is 3.19. The van der Waals surface area contributed by atoms with Crippen molar-refractivity contribution >= 4 is 29.8 Å². The standard InChI is InChI=1S/C11H11NOS/c13-10(7-14)6-9-5-8-3-1-2-4-11(8)12-9/h1-4,14H,5-7H2. The van der Waals surface area contributed by atoms with Crippen LogP contribution in [0.4, 0.5) is 5.69 Å². The minimum Gasteiger partial charge on any atom is -0.298 e. The number of fused-ring (bicyclic) bond motifs is 1. The topological polar surface area (TPSA) is 29.4 Å². The van der Waals surface area contributed by atoms with E-state index in [1.54, 1.807) is 0 Å². The molecule has 2 rings (SSSR count). The van der Waals surface area contributed by atoms with Gasteiger partial charge in [-0.3, -0.25) is 9.79 Å². The Bertz CT molecular complexity index is 398. The first-order valence-corrected chi connectivity index (χ1v) is 5.20. The van der Waals surface area contributed by atoms with Gasteiger partial charge in [0.2, 0.25) is 0 Å². The van der Waals surface area contributed by atoms with Crippen LogP contribution in [0.25, 0.3) is 0 Å². The first kappa shape index (κ1) is 9.46. The molecule has 0 aliphatic carbocycles. The lowest BCUT2D eigenvalue weighted by Gasteiger charge is -1.95. The van der Waals surface area contributed by atoms with Gasteiger partial charge >= 0.3 is 0 Å². The number of Topliss-reactive ketones (excluding diaryl/α,β-unsaturated/α-hetero) is 1. The summed E-state index contributed by atoms with van der Waals surface area (Å²) in [6, 6.07) is 7.99. The van der Waals surface area contributed by atoms with E-state index in [4.69, 9.17) is 0 Å². The molecule has 1 aliphatic heterocycles. The van der Waals surface area contributed by atoms with E-state index in [0.29, 0.717) is 12.2 Å². The Hall–Kier alpha value is -1.09. The molecular formula is C11H11NOS. The van der Waals surface area contributed by atoms with Crippen molar-refractivity contribution in [2.75, 3.05) is 5.75 Å². The van der Waals surface area contributed by atoms with Gasteiger partial charge in [0, 0.05) is 24.3 Å². The fraction of sp³-hybridized carbons (Fsp3) is 0.273. The number of aliphatic imine (C=N–C) groups is 1. The molecule has 0 fully saturated rings. The van der Waals surface area contributed by atoms with Crippen molar-refractivity contribution in [2.24, 2.45) is 4.99 Å². The van der Waals surface area contributed by atoms with Crippen LogP contribution < -0.4 is 0 Å². The third-order valence-corrected chi connectivity index (χ3v) is 2.59. The number of rotatable bonds is 3. The number of carbonyl (C=O) groups excluding carboxylic acids is 1. The normalized spacial score (nSPS) is 13.6. The number of benzene rings is 1. The SMILES string of the molecule is O=C(CS)CC1=Nc2ccccc2C1. The Morgan fingerprint density at radius 1 is 1.43 bits per heavy atom. The lowest BCUT2D eigenvalue weighted by Crippen LogP contribution is -2.08. The second-order valence-corrected chi connectivity index (χ2v) is 3.67. The third kappa shape index (κ3) is 1.87. The van der Waals surface area contributed by atoms with E-state index in [1.807, 2.05) is 18.2 Å². The van der Waals surface area contributed by atoms with Crippen LogP contribution in [0, 0.1) is 0 Å². The number of para-hydroxylation sites is 1. The molecule has 2 nitrogen and oxygen atoms in total. The van der Waals surface area contributed by atoms with E-state index in [2.05, 4.69) is 23.7 Å². The second kappa shape index (κ2) is 3.96. The van der Waals surface area contributed by atoms with E-state index in [0.717, 1.165) is 17.8 Å². The summed E-state index contributed by atoms with van der Waals surface area (Å²) in [5.74, 6) is 0.440. The van der Waals surface area contributed by atoms with Crippen molar-refractivity contribution in [2.45, 2.75) is 12.8 Å². The lowest BCUT2D eigenvalue weighted by atomic mass is 10.1. The van der Waals surface area contributed by atoms with E-state index in [-0.39, 0.29) is 5.78 Å². The first-order chi connectivity index (χ1) is 6.79. The van der Waals surface area contributed by atoms with Gasteiger partial charge in [-0.25, -0.2) is 0 Å². The number of thiol groups is 1. The average molecular weight is 205 g/mol. The molecule has 0 saturated heterocycles. The number of nitrogens with zero attached hydrogens (tertiary/aromatic N) is 1. The largest absolute Gasteiger partial charge is 0.298 e. The highest BCUT2D eigenvalue weighted by atomic mass is 32.1. The zero-order valence-electron chi connectivity index (χ0n) is 7.73. The molecule has 0 aromatic heterocycles. The van der Waals surface area contributed by atoms with Gasteiger partial charge in [0.25, 0.3) is 0 Å². The molecule has 0 unspecified atom stereocenters. The number of hydrogen-bond donors (Lipinski definition) is 1. The van der Waals surface area contributed by atoms with Crippen molar-refractivity contribution in [1.29, 1.82) is 0 Å². The third-order valence-electron chi connectivity index (χ3n) is 2.24. The Labute approximate surface area is 88.5 Å². The average Bonchev–Trinajstić information content (AvgIpc) is 2.59. The maximum Gasteiger partial charge on any atom is 0.148 e. The van der Waals surface area contributed by atoms with Gasteiger partial charge in [0.05, 0.1) is 5.69 Å². The van der Waals surface area contributed by atoms with Gasteiger partial charge in [-0.15, -0.1) is 0 Å². The van der Waals surface area contributed by atoms with Crippen LogP contribution in [0.3, 0.4) is 0 Å². The lowest BCUT2D eigenvalue weighted by molar-refractivity contribution is -0.115. The van der Waals surface area contributed by atoms with Crippen LogP contribution in [0.1, 0.15) is 12.0 Å². The molecule has 0 amide bonds. The van der Waals surface area contributed by atoms with Gasteiger partial charge in [0.1, 0.15) is 5.78 Å². The Morgan fingerprint density at radius 3 is 2.93 bits per heavy atom. The van der Waals surface area contributed by atoms with Crippen LogP contribution in [0.5, 0.6) is 0 Å². The summed E-state index contributed by atoms with van der Waals surface area (Å²) in [7, 11) is 0. The van der Waals surface area contributed by atoms with E-state index in [9.17, 15) is 4.79 Å².